The minimum absolute atomic E-state index is 0.653. The van der Waals surface area contributed by atoms with E-state index in [-0.39, 0.29) is 0 Å². The molecule has 0 bridgehead atoms. The lowest BCUT2D eigenvalue weighted by atomic mass is 10.1. The predicted octanol–water partition coefficient (Wildman–Crippen LogP) is 3.43. The van der Waals surface area contributed by atoms with E-state index >= 15 is 0 Å². The Hall–Kier alpha value is -3.81. The largest absolute Gasteiger partial charge is 0.458 e. The number of carbonyl (C=O) groups excluding carboxylic acids is 3. The van der Waals surface area contributed by atoms with Gasteiger partial charge in [0.2, 0.25) is 6.10 Å². The van der Waals surface area contributed by atoms with Crippen molar-refractivity contribution in [1.29, 1.82) is 0 Å². The molecule has 160 valence electrons. The Labute approximate surface area is 176 Å². The number of halogens is 2. The van der Waals surface area contributed by atoms with E-state index in [1.54, 1.807) is 60.7 Å². The molecular weight excluding hydrogens is 410 g/mol. The van der Waals surface area contributed by atoms with E-state index in [1.165, 1.54) is 12.2 Å². The molecule has 1 saturated heterocycles. The quantitative estimate of drug-likeness (QED) is 0.382. The van der Waals surface area contributed by atoms with Gasteiger partial charge in [-0.2, -0.15) is 8.78 Å². The summed E-state index contributed by atoms with van der Waals surface area (Å²) < 4.78 is 42.5. The number of rotatable bonds is 7. The highest BCUT2D eigenvalue weighted by Gasteiger charge is 2.62. The Balaban J connectivity index is 1.60. The summed E-state index contributed by atoms with van der Waals surface area (Å²) in [5.74, 6) is -7.83. The van der Waals surface area contributed by atoms with Crippen LogP contribution in [0.2, 0.25) is 0 Å². The predicted molar refractivity (Wildman–Crippen MR) is 107 cm³/mol. The van der Waals surface area contributed by atoms with Crippen LogP contribution < -0.4 is 0 Å². The van der Waals surface area contributed by atoms with E-state index in [0.29, 0.717) is 5.56 Å². The lowest BCUT2D eigenvalue weighted by Crippen LogP contribution is -2.43. The highest BCUT2D eigenvalue weighted by molar-refractivity contribution is 5.89. The van der Waals surface area contributed by atoms with Gasteiger partial charge in [-0.05, 0) is 23.3 Å². The summed E-state index contributed by atoms with van der Waals surface area (Å²) in [5.41, 5.74) is 1.39. The molecule has 0 N–H and O–H groups in total. The second kappa shape index (κ2) is 9.80. The average Bonchev–Trinajstić information content (AvgIpc) is 2.99. The van der Waals surface area contributed by atoms with Crippen molar-refractivity contribution in [3.63, 3.8) is 0 Å². The minimum atomic E-state index is -4.06. The third kappa shape index (κ3) is 5.85. The van der Waals surface area contributed by atoms with Crippen LogP contribution >= 0.6 is 0 Å². The lowest BCUT2D eigenvalue weighted by molar-refractivity contribution is -0.170. The average molecular weight is 428 g/mol. The molecule has 0 radical (unpaired) electrons. The molecule has 6 nitrogen and oxygen atoms in total. The molecule has 3 rings (SSSR count). The Morgan fingerprint density at radius 2 is 1.42 bits per heavy atom. The zero-order valence-electron chi connectivity index (χ0n) is 16.2. The third-order valence-corrected chi connectivity index (χ3v) is 4.28. The maximum Gasteiger partial charge on any atom is 0.382 e. The number of alkyl halides is 2. The second-order valence-electron chi connectivity index (χ2n) is 6.54. The number of carbonyl (C=O) groups is 3. The van der Waals surface area contributed by atoms with Crippen LogP contribution in [-0.4, -0.2) is 42.6 Å². The second-order valence-corrected chi connectivity index (χ2v) is 6.54. The van der Waals surface area contributed by atoms with Crippen molar-refractivity contribution in [2.24, 2.45) is 0 Å². The fourth-order valence-electron chi connectivity index (χ4n) is 2.73. The Bertz CT molecular complexity index is 986. The van der Waals surface area contributed by atoms with Gasteiger partial charge in [0.1, 0.15) is 6.61 Å². The first-order valence-corrected chi connectivity index (χ1v) is 9.29. The SMILES string of the molecule is O=C(/C=C/c1ccccc1)OC[C@H]1OC(=O)C(F)(F)[C@@H]1OC(=O)/C=C/c1ccccc1. The standard InChI is InChI=1S/C23H18F2O6/c24-23(25)21(31-20(27)14-12-17-9-5-2-6-10-17)18(30-22(23)28)15-29-19(26)13-11-16-7-3-1-4-8-16/h1-14,18,21H,15H2/b13-11+,14-12+/t18-,21-/m1/s1. The molecule has 0 spiro atoms. The number of esters is 3. The van der Waals surface area contributed by atoms with Crippen molar-refractivity contribution >= 4 is 30.1 Å². The highest BCUT2D eigenvalue weighted by Crippen LogP contribution is 2.34. The molecule has 1 fully saturated rings. The smallest absolute Gasteiger partial charge is 0.382 e. The van der Waals surface area contributed by atoms with Crippen molar-refractivity contribution < 1.29 is 37.4 Å². The van der Waals surface area contributed by atoms with Gasteiger partial charge in [-0.3, -0.25) is 0 Å². The van der Waals surface area contributed by atoms with Gasteiger partial charge in [0, 0.05) is 12.2 Å². The fraction of sp³-hybridized carbons (Fsp3) is 0.174. The number of cyclic esters (lactones) is 1. The van der Waals surface area contributed by atoms with Gasteiger partial charge < -0.3 is 14.2 Å². The Kier molecular flexibility index (Phi) is 6.92. The number of hydrogen-bond acceptors (Lipinski definition) is 6. The molecule has 0 amide bonds. The first-order valence-electron chi connectivity index (χ1n) is 9.29. The number of ether oxygens (including phenoxy) is 3. The first-order chi connectivity index (χ1) is 14.9. The number of benzene rings is 2. The van der Waals surface area contributed by atoms with Crippen LogP contribution in [0.15, 0.2) is 72.8 Å². The Morgan fingerprint density at radius 1 is 0.903 bits per heavy atom. The van der Waals surface area contributed by atoms with Crippen molar-refractivity contribution in [3.8, 4) is 0 Å². The van der Waals surface area contributed by atoms with Crippen LogP contribution in [0, 0.1) is 0 Å². The Morgan fingerprint density at radius 3 is 1.97 bits per heavy atom. The van der Waals surface area contributed by atoms with Gasteiger partial charge in [-0.1, -0.05) is 60.7 Å². The molecule has 2 atom stereocenters. The summed E-state index contributed by atoms with van der Waals surface area (Å²) in [4.78, 5) is 35.3. The summed E-state index contributed by atoms with van der Waals surface area (Å²) in [6, 6.07) is 17.5. The summed E-state index contributed by atoms with van der Waals surface area (Å²) in [6.45, 7) is -0.695. The van der Waals surface area contributed by atoms with Crippen molar-refractivity contribution in [2.75, 3.05) is 6.61 Å². The normalized spacial score (nSPS) is 20.0. The molecule has 1 aliphatic rings. The van der Waals surface area contributed by atoms with Gasteiger partial charge in [0.05, 0.1) is 0 Å². The molecule has 0 aliphatic carbocycles. The number of hydrogen-bond donors (Lipinski definition) is 0. The zero-order chi connectivity index (χ0) is 22.3. The van der Waals surface area contributed by atoms with Crippen LogP contribution in [-0.2, 0) is 28.6 Å². The van der Waals surface area contributed by atoms with E-state index in [2.05, 4.69) is 4.74 Å². The summed E-state index contributed by atoms with van der Waals surface area (Å²) in [6.07, 6.45) is 1.06. The zero-order valence-corrected chi connectivity index (χ0v) is 16.2. The molecule has 1 aliphatic heterocycles. The van der Waals surface area contributed by atoms with Crippen molar-refractivity contribution in [2.45, 2.75) is 18.1 Å². The van der Waals surface area contributed by atoms with Gasteiger partial charge in [0.15, 0.2) is 6.10 Å². The van der Waals surface area contributed by atoms with Gasteiger partial charge >= 0.3 is 23.8 Å². The monoisotopic (exact) mass is 428 g/mol. The van der Waals surface area contributed by atoms with Gasteiger partial charge in [-0.15, -0.1) is 0 Å². The van der Waals surface area contributed by atoms with Crippen LogP contribution in [0.1, 0.15) is 11.1 Å². The molecule has 31 heavy (non-hydrogen) atoms. The third-order valence-electron chi connectivity index (χ3n) is 4.28. The summed E-state index contributed by atoms with van der Waals surface area (Å²) >= 11 is 0. The van der Waals surface area contributed by atoms with E-state index < -0.39 is 42.6 Å². The minimum Gasteiger partial charge on any atom is -0.458 e. The molecule has 2 aromatic carbocycles. The van der Waals surface area contributed by atoms with Crippen molar-refractivity contribution in [3.05, 3.63) is 83.9 Å². The van der Waals surface area contributed by atoms with Crippen LogP contribution in [0.25, 0.3) is 12.2 Å². The van der Waals surface area contributed by atoms with E-state index in [1.807, 2.05) is 0 Å². The summed E-state index contributed by atoms with van der Waals surface area (Å²) in [5, 5.41) is 0. The molecule has 1 heterocycles. The van der Waals surface area contributed by atoms with Crippen molar-refractivity contribution in [1.82, 2.24) is 0 Å². The fourth-order valence-corrected chi connectivity index (χ4v) is 2.73. The van der Waals surface area contributed by atoms with Crippen LogP contribution in [0.3, 0.4) is 0 Å². The highest BCUT2D eigenvalue weighted by atomic mass is 19.3. The summed E-state index contributed by atoms with van der Waals surface area (Å²) in [7, 11) is 0. The molecule has 0 unspecified atom stereocenters. The van der Waals surface area contributed by atoms with Gasteiger partial charge in [-0.25, -0.2) is 14.4 Å². The topological polar surface area (TPSA) is 78.9 Å². The molecule has 2 aromatic rings. The van der Waals surface area contributed by atoms with Crippen LogP contribution in [0.4, 0.5) is 8.78 Å². The molecule has 0 aromatic heterocycles. The molecule has 0 saturated carbocycles. The van der Waals surface area contributed by atoms with Gasteiger partial charge in [0.25, 0.3) is 0 Å². The maximum atomic E-state index is 14.1. The lowest BCUT2D eigenvalue weighted by Gasteiger charge is -2.19. The van der Waals surface area contributed by atoms with Crippen LogP contribution in [0.5, 0.6) is 0 Å². The maximum absolute atomic E-state index is 14.1. The van der Waals surface area contributed by atoms with E-state index in [0.717, 1.165) is 17.7 Å². The first kappa shape index (κ1) is 21.9. The van der Waals surface area contributed by atoms with E-state index in [9.17, 15) is 23.2 Å². The molecule has 8 heteroatoms. The van der Waals surface area contributed by atoms with E-state index in [4.69, 9.17) is 9.47 Å². The molecular formula is C23H18F2O6.